The predicted octanol–water partition coefficient (Wildman–Crippen LogP) is 3.03. The highest BCUT2D eigenvalue weighted by atomic mass is 16.5. The Hall–Kier alpha value is -2.83. The summed E-state index contributed by atoms with van der Waals surface area (Å²) in [6, 6.07) is 5.17. The maximum Gasteiger partial charge on any atom is 0.314 e. The molecule has 28 heavy (non-hydrogen) atoms. The lowest BCUT2D eigenvalue weighted by atomic mass is 9.79. The van der Waals surface area contributed by atoms with Crippen LogP contribution in [0, 0.1) is 5.41 Å². The van der Waals surface area contributed by atoms with Gasteiger partial charge < -0.3 is 14.1 Å². The highest BCUT2D eigenvalue weighted by molar-refractivity contribution is 5.93. The number of aromatic nitrogens is 2. The van der Waals surface area contributed by atoms with Crippen molar-refractivity contribution in [2.45, 2.75) is 45.2 Å². The topological polar surface area (TPSA) is 77.6 Å². The van der Waals surface area contributed by atoms with Gasteiger partial charge in [0.05, 0.1) is 18.6 Å². The molecule has 0 bridgehead atoms. The van der Waals surface area contributed by atoms with Gasteiger partial charge in [0.1, 0.15) is 5.76 Å². The molecule has 2 aromatic rings. The lowest BCUT2D eigenvalue weighted by Crippen LogP contribution is -2.50. The number of hydrogen-bond acceptors (Lipinski definition) is 5. The van der Waals surface area contributed by atoms with Crippen molar-refractivity contribution >= 4 is 11.9 Å². The second kappa shape index (κ2) is 7.66. The third-order valence-corrected chi connectivity index (χ3v) is 5.76. The van der Waals surface area contributed by atoms with Crippen LogP contribution in [0.15, 0.2) is 47.2 Å². The summed E-state index contributed by atoms with van der Waals surface area (Å²) in [7, 11) is 0. The van der Waals surface area contributed by atoms with Crippen molar-refractivity contribution in [3.63, 3.8) is 0 Å². The summed E-state index contributed by atoms with van der Waals surface area (Å²) in [5.74, 6) is 0.585. The molecule has 2 aliphatic rings. The summed E-state index contributed by atoms with van der Waals surface area (Å²) in [4.78, 5) is 27.9. The average Bonchev–Trinajstić information content (AvgIpc) is 3.43. The second-order valence-corrected chi connectivity index (χ2v) is 7.39. The Labute approximate surface area is 163 Å². The molecular formula is C21H25N3O4. The van der Waals surface area contributed by atoms with Crippen molar-refractivity contribution in [3.8, 4) is 0 Å². The average molecular weight is 383 g/mol. The molecule has 0 saturated heterocycles. The zero-order valence-corrected chi connectivity index (χ0v) is 16.0. The van der Waals surface area contributed by atoms with Gasteiger partial charge in [0.25, 0.3) is 5.91 Å². The number of allylic oxidation sites excluding steroid dienone is 1. The van der Waals surface area contributed by atoms with E-state index in [2.05, 4.69) is 5.10 Å². The fraction of sp³-hybridized carbons (Fsp3) is 0.476. The molecule has 7 heteroatoms. The molecule has 2 aromatic heterocycles. The van der Waals surface area contributed by atoms with E-state index in [9.17, 15) is 9.59 Å². The number of carbonyl (C=O) groups is 2. The normalized spacial score (nSPS) is 24.0. The van der Waals surface area contributed by atoms with Crippen molar-refractivity contribution in [3.05, 3.63) is 54.3 Å². The highest BCUT2D eigenvalue weighted by Crippen LogP contribution is 2.47. The van der Waals surface area contributed by atoms with Crippen LogP contribution in [0.3, 0.4) is 0 Å². The smallest absolute Gasteiger partial charge is 0.314 e. The van der Waals surface area contributed by atoms with Crippen molar-refractivity contribution in [2.24, 2.45) is 5.41 Å². The van der Waals surface area contributed by atoms with Crippen LogP contribution >= 0.6 is 0 Å². The van der Waals surface area contributed by atoms with Crippen LogP contribution in [0.5, 0.6) is 0 Å². The van der Waals surface area contributed by atoms with E-state index >= 15 is 0 Å². The maximum atomic E-state index is 13.3. The molecule has 1 amide bonds. The van der Waals surface area contributed by atoms with E-state index in [1.54, 1.807) is 27.9 Å². The fourth-order valence-electron chi connectivity index (χ4n) is 4.45. The van der Waals surface area contributed by atoms with Gasteiger partial charge in [-0.15, -0.1) is 0 Å². The lowest BCUT2D eigenvalue weighted by molar-refractivity contribution is -0.157. The molecule has 7 nitrogen and oxygen atoms in total. The quantitative estimate of drug-likeness (QED) is 0.586. The van der Waals surface area contributed by atoms with E-state index in [0.717, 1.165) is 19.3 Å². The van der Waals surface area contributed by atoms with E-state index in [1.807, 2.05) is 31.3 Å². The van der Waals surface area contributed by atoms with Gasteiger partial charge in [0.15, 0.2) is 5.76 Å². The van der Waals surface area contributed by atoms with Gasteiger partial charge in [-0.2, -0.15) is 5.10 Å². The molecule has 148 valence electrons. The van der Waals surface area contributed by atoms with E-state index in [4.69, 9.17) is 9.15 Å². The van der Waals surface area contributed by atoms with E-state index in [0.29, 0.717) is 37.6 Å². The molecule has 3 heterocycles. The van der Waals surface area contributed by atoms with Crippen LogP contribution in [0.2, 0.25) is 0 Å². The number of carbonyl (C=O) groups excluding carboxylic acids is 2. The number of amides is 1. The van der Waals surface area contributed by atoms with E-state index in [1.165, 1.54) is 0 Å². The Kier molecular flexibility index (Phi) is 5.07. The number of hydrogen-bond donors (Lipinski definition) is 0. The number of nitrogens with zero attached hydrogens (tertiary/aromatic N) is 3. The van der Waals surface area contributed by atoms with Crippen LogP contribution in [-0.4, -0.2) is 45.8 Å². The van der Waals surface area contributed by atoms with Gasteiger partial charge in [-0.05, 0) is 44.4 Å². The minimum Gasteiger partial charge on any atom is -0.465 e. The maximum absolute atomic E-state index is 13.3. The largest absolute Gasteiger partial charge is 0.465 e. The first-order valence-corrected chi connectivity index (χ1v) is 9.83. The van der Waals surface area contributed by atoms with Crippen LogP contribution < -0.4 is 0 Å². The van der Waals surface area contributed by atoms with Crippen LogP contribution in [-0.2, 0) is 16.1 Å². The number of ether oxygens (including phenoxy) is 1. The first kappa shape index (κ1) is 18.5. The molecule has 0 aromatic carbocycles. The first-order chi connectivity index (χ1) is 13.6. The summed E-state index contributed by atoms with van der Waals surface area (Å²) in [6.45, 7) is 3.11. The Bertz CT molecular complexity index is 870. The molecule has 1 aliphatic heterocycles. The van der Waals surface area contributed by atoms with Gasteiger partial charge in [-0.3, -0.25) is 14.3 Å². The lowest BCUT2D eigenvalue weighted by Gasteiger charge is -2.37. The van der Waals surface area contributed by atoms with Gasteiger partial charge in [0, 0.05) is 25.0 Å². The monoisotopic (exact) mass is 383 g/mol. The first-order valence-electron chi connectivity index (χ1n) is 9.83. The molecule has 4 rings (SSSR count). The summed E-state index contributed by atoms with van der Waals surface area (Å²) >= 11 is 0. The molecule has 0 spiro atoms. The summed E-state index contributed by atoms with van der Waals surface area (Å²) < 4.78 is 12.9. The van der Waals surface area contributed by atoms with Crippen LogP contribution in [0.1, 0.15) is 48.9 Å². The van der Waals surface area contributed by atoms with Gasteiger partial charge in [-0.1, -0.05) is 18.6 Å². The van der Waals surface area contributed by atoms with E-state index < -0.39 is 5.41 Å². The Morgan fingerprint density at radius 3 is 3.04 bits per heavy atom. The van der Waals surface area contributed by atoms with Crippen molar-refractivity contribution in [1.82, 2.24) is 14.7 Å². The summed E-state index contributed by atoms with van der Waals surface area (Å²) in [5, 5.41) is 4.16. The van der Waals surface area contributed by atoms with Gasteiger partial charge in [0.2, 0.25) is 0 Å². The number of fused-ring (bicyclic) bond motifs is 1. The zero-order chi connectivity index (χ0) is 19.6. The Morgan fingerprint density at radius 2 is 2.25 bits per heavy atom. The Balaban J connectivity index is 1.57. The molecule has 1 fully saturated rings. The molecular weight excluding hydrogens is 358 g/mol. The summed E-state index contributed by atoms with van der Waals surface area (Å²) in [6.07, 6.45) is 10.6. The minimum absolute atomic E-state index is 0.172. The standard InChI is InChI=1S/C21H25N3O4/c1-2-27-20(26)21-10-3-4-14-24(18(21)7-5-11-21)19(25)17-9-8-16(28-17)15-23-13-6-12-22-23/h3-4,6,8-9,12-13,18H,2,5,7,10-11,14-15H2,1H3/t18-,21-/m1/s1. The molecule has 2 atom stereocenters. The van der Waals surface area contributed by atoms with Crippen molar-refractivity contribution in [1.29, 1.82) is 0 Å². The minimum atomic E-state index is -0.650. The number of furan rings is 1. The highest BCUT2D eigenvalue weighted by Gasteiger charge is 2.53. The van der Waals surface area contributed by atoms with Crippen LogP contribution in [0.4, 0.5) is 0 Å². The molecule has 0 N–H and O–H groups in total. The van der Waals surface area contributed by atoms with E-state index in [-0.39, 0.29) is 17.9 Å². The van der Waals surface area contributed by atoms with Gasteiger partial charge >= 0.3 is 5.97 Å². The Morgan fingerprint density at radius 1 is 1.36 bits per heavy atom. The summed E-state index contributed by atoms with van der Waals surface area (Å²) in [5.41, 5.74) is -0.650. The third kappa shape index (κ3) is 3.25. The third-order valence-electron chi connectivity index (χ3n) is 5.76. The predicted molar refractivity (Wildman–Crippen MR) is 102 cm³/mol. The molecule has 1 saturated carbocycles. The fourth-order valence-corrected chi connectivity index (χ4v) is 4.45. The van der Waals surface area contributed by atoms with Crippen molar-refractivity contribution in [2.75, 3.05) is 13.2 Å². The number of esters is 1. The second-order valence-electron chi connectivity index (χ2n) is 7.39. The molecule has 0 radical (unpaired) electrons. The molecule has 0 unspecified atom stereocenters. The molecule has 1 aliphatic carbocycles. The zero-order valence-electron chi connectivity index (χ0n) is 16.0. The SMILES string of the molecule is CCOC(=O)[C@@]12CC=CCN(C(=O)c3ccc(Cn4cccn4)o3)[C@@H]1CCC2. The van der Waals surface area contributed by atoms with Crippen LogP contribution in [0.25, 0.3) is 0 Å². The number of rotatable bonds is 5. The van der Waals surface area contributed by atoms with Gasteiger partial charge in [-0.25, -0.2) is 0 Å². The van der Waals surface area contributed by atoms with Crippen molar-refractivity contribution < 1.29 is 18.7 Å².